The van der Waals surface area contributed by atoms with Gasteiger partial charge in [-0.05, 0) is 61.4 Å². The fourth-order valence-corrected chi connectivity index (χ4v) is 10.6. The van der Waals surface area contributed by atoms with E-state index in [1.807, 2.05) is 6.92 Å². The van der Waals surface area contributed by atoms with Gasteiger partial charge in [-0.2, -0.15) is 0 Å². The lowest BCUT2D eigenvalue weighted by Crippen LogP contribution is -2.53. The normalized spacial score (nSPS) is 34.5. The maximum absolute atomic E-state index is 13.6. The molecule has 3 saturated heterocycles. The third-order valence-electron chi connectivity index (χ3n) is 12.9. The standard InChI is InChI=1S/C39H69BrO8Si2/c1-25(22-26(2)35(28(4)40)47-50(13,14)37(8,9)10)33(41)34(42)32-24-31-30(44-32)23-27(3)39(46-31)20-19-38(48-39)18-15-16-29(45-38)17-21-43-49(11,12)36(5,6)7/h15-16,25-27,29-32,34-35,42H,4,17-24H2,1-3,5-14H3/t25-,26+,27-,29+,30-,31-,32+,34+,35+,38+,39-/m1/s1. The first-order valence-corrected chi connectivity index (χ1v) is 25.7. The number of carbonyl (C=O) groups is 1. The Labute approximate surface area is 314 Å². The summed E-state index contributed by atoms with van der Waals surface area (Å²) in [5.41, 5.74) is 0. The Bertz CT molecular complexity index is 1240. The molecule has 4 rings (SSSR count). The Balaban J connectivity index is 1.33. The SMILES string of the molecule is C=C(Br)[C@@H](O[Si](C)(C)C(C)(C)C)[C@@H](C)C[C@@H](C)C(=O)[C@@H](O)[C@@H]1C[C@H]2O[C@@]3(CC[C@]4(CC=C[C@@H](CCO[Si](C)(C)C(C)(C)C)O4)O3)[C@H](C)C[C@H]2O1. The lowest BCUT2D eigenvalue weighted by molar-refractivity contribution is -0.368. The molecule has 2 spiro atoms. The number of aliphatic hydroxyl groups is 1. The Hall–Kier alpha value is -0.216. The molecular weight excluding hydrogens is 732 g/mol. The van der Waals surface area contributed by atoms with E-state index in [-0.39, 0.29) is 58.0 Å². The molecule has 0 aromatic carbocycles. The first-order valence-electron chi connectivity index (χ1n) is 19.1. The zero-order valence-electron chi connectivity index (χ0n) is 33.4. The molecule has 4 aliphatic heterocycles. The third-order valence-corrected chi connectivity index (χ3v) is 22.3. The summed E-state index contributed by atoms with van der Waals surface area (Å²) < 4.78 is 40.6. The number of aliphatic hydroxyl groups excluding tert-OH is 1. The van der Waals surface area contributed by atoms with Crippen LogP contribution in [-0.4, -0.2) is 82.3 Å². The van der Waals surface area contributed by atoms with Gasteiger partial charge in [0.05, 0.1) is 30.5 Å². The summed E-state index contributed by atoms with van der Waals surface area (Å²) in [4.78, 5) is 13.6. The topological polar surface area (TPSA) is 92.7 Å². The number of hydrogen-bond donors (Lipinski definition) is 1. The predicted octanol–water partition coefficient (Wildman–Crippen LogP) is 9.42. The first-order chi connectivity index (χ1) is 22.8. The number of ether oxygens (including phenoxy) is 4. The highest BCUT2D eigenvalue weighted by molar-refractivity contribution is 9.11. The van der Waals surface area contributed by atoms with Crippen LogP contribution in [0.5, 0.6) is 0 Å². The lowest BCUT2D eigenvalue weighted by Gasteiger charge is -2.46. The van der Waals surface area contributed by atoms with Gasteiger partial charge in [0.2, 0.25) is 0 Å². The molecule has 1 N–H and O–H groups in total. The van der Waals surface area contributed by atoms with Crippen LogP contribution in [0.4, 0.5) is 0 Å². The molecule has 11 heteroatoms. The van der Waals surface area contributed by atoms with Gasteiger partial charge in [-0.25, -0.2) is 0 Å². The van der Waals surface area contributed by atoms with Crippen molar-refractivity contribution in [2.45, 2.75) is 192 Å². The van der Waals surface area contributed by atoms with Crippen molar-refractivity contribution >= 4 is 38.3 Å². The highest BCUT2D eigenvalue weighted by atomic mass is 79.9. The van der Waals surface area contributed by atoms with Gasteiger partial charge in [-0.15, -0.1) is 0 Å². The van der Waals surface area contributed by atoms with Crippen molar-refractivity contribution in [1.82, 2.24) is 0 Å². The summed E-state index contributed by atoms with van der Waals surface area (Å²) in [5.74, 6) is -1.96. The molecule has 0 radical (unpaired) electrons. The minimum atomic E-state index is -2.07. The minimum absolute atomic E-state index is 0.0336. The summed E-state index contributed by atoms with van der Waals surface area (Å²) in [5, 5.41) is 11.6. The monoisotopic (exact) mass is 800 g/mol. The van der Waals surface area contributed by atoms with Crippen molar-refractivity contribution in [3.8, 4) is 0 Å². The zero-order chi connectivity index (χ0) is 37.7. The molecule has 0 bridgehead atoms. The molecule has 11 atom stereocenters. The van der Waals surface area contributed by atoms with Gasteiger partial charge in [0, 0.05) is 48.6 Å². The van der Waals surface area contributed by atoms with E-state index in [1.165, 1.54) is 0 Å². The summed E-state index contributed by atoms with van der Waals surface area (Å²) in [7, 11) is -3.90. The van der Waals surface area contributed by atoms with Crippen LogP contribution in [0.2, 0.25) is 36.3 Å². The number of hydrogen-bond acceptors (Lipinski definition) is 8. The molecule has 4 heterocycles. The zero-order valence-corrected chi connectivity index (χ0v) is 37.0. The van der Waals surface area contributed by atoms with Crippen molar-refractivity contribution < 1.29 is 37.7 Å². The highest BCUT2D eigenvalue weighted by Gasteiger charge is 2.60. The van der Waals surface area contributed by atoms with Crippen LogP contribution in [0, 0.1) is 17.8 Å². The van der Waals surface area contributed by atoms with E-state index in [1.54, 1.807) is 0 Å². The number of fused-ring (bicyclic) bond motifs is 1. The predicted molar refractivity (Wildman–Crippen MR) is 208 cm³/mol. The Morgan fingerprint density at radius 1 is 1.02 bits per heavy atom. The van der Waals surface area contributed by atoms with Crippen molar-refractivity contribution in [1.29, 1.82) is 0 Å². The number of halogens is 1. The highest BCUT2D eigenvalue weighted by Crippen LogP contribution is 2.53. The van der Waals surface area contributed by atoms with Gasteiger partial charge < -0.3 is 32.9 Å². The molecule has 0 aliphatic carbocycles. The lowest BCUT2D eigenvalue weighted by atomic mass is 9.85. The molecule has 0 aromatic rings. The first kappa shape index (κ1) is 42.5. The fourth-order valence-electron chi connectivity index (χ4n) is 7.44. The van der Waals surface area contributed by atoms with Crippen molar-refractivity contribution in [2.24, 2.45) is 17.8 Å². The van der Waals surface area contributed by atoms with E-state index >= 15 is 0 Å². The second kappa shape index (κ2) is 15.5. The molecule has 50 heavy (non-hydrogen) atoms. The number of ketones is 1. The van der Waals surface area contributed by atoms with Gasteiger partial charge in [0.25, 0.3) is 0 Å². The van der Waals surface area contributed by atoms with Gasteiger partial charge in [-0.1, -0.05) is 97.0 Å². The second-order valence-electron chi connectivity index (χ2n) is 19.0. The number of rotatable bonds is 13. The summed E-state index contributed by atoms with van der Waals surface area (Å²) in [6.07, 6.45) is 6.48. The van der Waals surface area contributed by atoms with E-state index in [4.69, 9.17) is 27.8 Å². The van der Waals surface area contributed by atoms with Crippen LogP contribution < -0.4 is 0 Å². The second-order valence-corrected chi connectivity index (χ2v) is 29.5. The van der Waals surface area contributed by atoms with E-state index < -0.39 is 40.4 Å². The van der Waals surface area contributed by atoms with Crippen LogP contribution in [-0.2, 0) is 32.6 Å². The fraction of sp³-hybridized carbons (Fsp3) is 0.872. The van der Waals surface area contributed by atoms with Gasteiger partial charge in [0.15, 0.2) is 34.0 Å². The molecule has 288 valence electrons. The number of carbonyl (C=O) groups excluding carboxylic acids is 1. The molecule has 4 aliphatic rings. The van der Waals surface area contributed by atoms with Gasteiger partial charge in [-0.3, -0.25) is 4.79 Å². The van der Waals surface area contributed by atoms with E-state index in [0.29, 0.717) is 25.9 Å². The Morgan fingerprint density at radius 2 is 1.66 bits per heavy atom. The minimum Gasteiger partial charge on any atom is -0.417 e. The molecule has 3 fully saturated rings. The molecule has 0 aromatic heterocycles. The Morgan fingerprint density at radius 3 is 2.26 bits per heavy atom. The quantitative estimate of drug-likeness (QED) is 0.146. The van der Waals surface area contributed by atoms with Crippen LogP contribution in [0.1, 0.15) is 107 Å². The van der Waals surface area contributed by atoms with Gasteiger partial charge >= 0.3 is 0 Å². The van der Waals surface area contributed by atoms with Crippen molar-refractivity contribution in [3.05, 3.63) is 23.2 Å². The smallest absolute Gasteiger partial charge is 0.192 e. The largest absolute Gasteiger partial charge is 0.417 e. The van der Waals surface area contributed by atoms with Crippen LogP contribution in [0.15, 0.2) is 23.2 Å². The Kier molecular flexibility index (Phi) is 13.2. The summed E-state index contributed by atoms with van der Waals surface area (Å²) in [6.45, 7) is 33.4. The van der Waals surface area contributed by atoms with Crippen molar-refractivity contribution in [2.75, 3.05) is 6.61 Å². The summed E-state index contributed by atoms with van der Waals surface area (Å²) >= 11 is 3.59. The maximum atomic E-state index is 13.6. The van der Waals surface area contributed by atoms with E-state index in [2.05, 4.69) is 116 Å². The molecular formula is C39H69BrO8Si2. The molecule has 0 unspecified atom stereocenters. The van der Waals surface area contributed by atoms with Gasteiger partial charge in [0.1, 0.15) is 6.10 Å². The maximum Gasteiger partial charge on any atom is 0.192 e. The third kappa shape index (κ3) is 9.35. The van der Waals surface area contributed by atoms with E-state index in [0.717, 1.165) is 30.2 Å². The van der Waals surface area contributed by atoms with Crippen LogP contribution in [0.3, 0.4) is 0 Å². The average Bonchev–Trinajstić information content (AvgIpc) is 3.55. The molecule has 0 amide bonds. The van der Waals surface area contributed by atoms with Crippen LogP contribution in [0.25, 0.3) is 0 Å². The average molecular weight is 802 g/mol. The van der Waals surface area contributed by atoms with Crippen LogP contribution >= 0.6 is 15.9 Å². The summed E-state index contributed by atoms with van der Waals surface area (Å²) in [6, 6.07) is 0. The number of Topliss-reactive ketones (excluding diaryl/α,β-unsaturated/α-hetero) is 1. The van der Waals surface area contributed by atoms with E-state index in [9.17, 15) is 9.90 Å². The van der Waals surface area contributed by atoms with Crippen molar-refractivity contribution in [3.63, 3.8) is 0 Å². The molecule has 0 saturated carbocycles. The molecule has 8 nitrogen and oxygen atoms in total.